The molecule has 5 aromatic rings. The molecule has 152 valence electrons. The Hall–Kier alpha value is -3.77. The van der Waals surface area contributed by atoms with Gasteiger partial charge in [0.1, 0.15) is 5.52 Å². The van der Waals surface area contributed by atoms with Crippen LogP contribution in [0.15, 0.2) is 101 Å². The highest BCUT2D eigenvalue weighted by molar-refractivity contribution is 7.16. The second-order valence-electron chi connectivity index (χ2n) is 7.31. The Labute approximate surface area is 183 Å². The summed E-state index contributed by atoms with van der Waals surface area (Å²) in [5, 5.41) is 4.42. The van der Waals surface area contributed by atoms with Gasteiger partial charge in [-0.3, -0.25) is 4.79 Å². The third kappa shape index (κ3) is 3.85. The van der Waals surface area contributed by atoms with E-state index in [1.54, 1.807) is 6.20 Å². The number of para-hydroxylation sites is 1. The van der Waals surface area contributed by atoms with Crippen molar-refractivity contribution in [3.05, 3.63) is 117 Å². The SMILES string of the molecule is Cc1ccc(N=c2sc3cnn(-c4ccccc4)c(=O)c3n2Cc2ccccc2)cc1. The molecule has 0 N–H and O–H groups in total. The number of benzene rings is 3. The van der Waals surface area contributed by atoms with E-state index in [0.29, 0.717) is 12.1 Å². The molecule has 0 fully saturated rings. The van der Waals surface area contributed by atoms with E-state index in [1.165, 1.54) is 21.6 Å². The van der Waals surface area contributed by atoms with Crippen molar-refractivity contribution in [2.75, 3.05) is 0 Å². The van der Waals surface area contributed by atoms with Gasteiger partial charge >= 0.3 is 0 Å². The van der Waals surface area contributed by atoms with Crippen molar-refractivity contribution in [1.82, 2.24) is 14.3 Å². The van der Waals surface area contributed by atoms with Crippen molar-refractivity contribution in [3.63, 3.8) is 0 Å². The lowest BCUT2D eigenvalue weighted by Crippen LogP contribution is -2.25. The van der Waals surface area contributed by atoms with E-state index in [1.807, 2.05) is 77.4 Å². The molecule has 0 saturated heterocycles. The van der Waals surface area contributed by atoms with Crippen LogP contribution in [0.5, 0.6) is 0 Å². The fourth-order valence-electron chi connectivity index (χ4n) is 3.48. The summed E-state index contributed by atoms with van der Waals surface area (Å²) in [6.07, 6.45) is 1.75. The molecule has 3 aromatic carbocycles. The van der Waals surface area contributed by atoms with E-state index < -0.39 is 0 Å². The Morgan fingerprint density at radius 1 is 0.903 bits per heavy atom. The molecule has 0 unspecified atom stereocenters. The summed E-state index contributed by atoms with van der Waals surface area (Å²) in [6.45, 7) is 2.61. The van der Waals surface area contributed by atoms with Crippen LogP contribution < -0.4 is 10.4 Å². The third-order valence-corrected chi connectivity index (χ3v) is 6.08. The Morgan fingerprint density at radius 2 is 1.58 bits per heavy atom. The monoisotopic (exact) mass is 424 g/mol. The van der Waals surface area contributed by atoms with E-state index in [9.17, 15) is 4.79 Å². The minimum atomic E-state index is -0.152. The lowest BCUT2D eigenvalue weighted by Gasteiger charge is -2.08. The molecule has 0 amide bonds. The van der Waals surface area contributed by atoms with Gasteiger partial charge in [0.2, 0.25) is 0 Å². The van der Waals surface area contributed by atoms with E-state index in [-0.39, 0.29) is 5.56 Å². The molecular weight excluding hydrogens is 404 g/mol. The zero-order valence-electron chi connectivity index (χ0n) is 17.0. The lowest BCUT2D eigenvalue weighted by molar-refractivity contribution is 0.768. The van der Waals surface area contributed by atoms with Crippen LogP contribution in [0.3, 0.4) is 0 Å². The van der Waals surface area contributed by atoms with Crippen LogP contribution in [-0.2, 0) is 6.54 Å². The summed E-state index contributed by atoms with van der Waals surface area (Å²) >= 11 is 1.48. The maximum absolute atomic E-state index is 13.5. The Bertz CT molecular complexity index is 1460. The molecule has 5 nitrogen and oxygen atoms in total. The molecule has 0 aliphatic rings. The highest BCUT2D eigenvalue weighted by atomic mass is 32.1. The van der Waals surface area contributed by atoms with Crippen LogP contribution in [0.2, 0.25) is 0 Å². The highest BCUT2D eigenvalue weighted by Gasteiger charge is 2.14. The van der Waals surface area contributed by atoms with Crippen LogP contribution >= 0.6 is 11.3 Å². The summed E-state index contributed by atoms with van der Waals surface area (Å²) in [7, 11) is 0. The number of thiazole rings is 1. The minimum absolute atomic E-state index is 0.152. The molecule has 0 spiro atoms. The fourth-order valence-corrected chi connectivity index (χ4v) is 4.49. The van der Waals surface area contributed by atoms with Crippen LogP contribution in [0, 0.1) is 6.92 Å². The number of nitrogens with zero attached hydrogens (tertiary/aromatic N) is 4. The molecule has 31 heavy (non-hydrogen) atoms. The number of aromatic nitrogens is 3. The molecule has 5 rings (SSSR count). The van der Waals surface area contributed by atoms with E-state index >= 15 is 0 Å². The van der Waals surface area contributed by atoms with Gasteiger partial charge in [-0.05, 0) is 36.8 Å². The minimum Gasteiger partial charge on any atom is -0.307 e. The number of hydrogen-bond acceptors (Lipinski definition) is 4. The zero-order valence-corrected chi connectivity index (χ0v) is 17.8. The summed E-state index contributed by atoms with van der Waals surface area (Å²) < 4.78 is 4.27. The predicted molar refractivity (Wildman–Crippen MR) is 125 cm³/mol. The van der Waals surface area contributed by atoms with Gasteiger partial charge in [0.05, 0.1) is 28.8 Å². The molecule has 0 saturated carbocycles. The number of aryl methyl sites for hydroxylation is 1. The third-order valence-electron chi connectivity index (χ3n) is 5.06. The smallest absolute Gasteiger partial charge is 0.296 e. The van der Waals surface area contributed by atoms with E-state index in [2.05, 4.69) is 24.2 Å². The van der Waals surface area contributed by atoms with Gasteiger partial charge in [-0.15, -0.1) is 0 Å². The number of rotatable bonds is 4. The van der Waals surface area contributed by atoms with Crippen LogP contribution in [0.1, 0.15) is 11.1 Å². The molecule has 0 aliphatic carbocycles. The Morgan fingerprint density at radius 3 is 2.29 bits per heavy atom. The van der Waals surface area contributed by atoms with Gasteiger partial charge in [0.25, 0.3) is 5.56 Å². The van der Waals surface area contributed by atoms with Crippen LogP contribution in [-0.4, -0.2) is 14.3 Å². The first kappa shape index (κ1) is 19.2. The first-order chi connectivity index (χ1) is 15.2. The van der Waals surface area contributed by atoms with Crippen molar-refractivity contribution < 1.29 is 0 Å². The molecular formula is C25H20N4OS. The second-order valence-corrected chi connectivity index (χ2v) is 8.32. The molecule has 0 radical (unpaired) electrons. The van der Waals surface area contributed by atoms with Gasteiger partial charge in [-0.2, -0.15) is 9.78 Å². The van der Waals surface area contributed by atoms with Crippen molar-refractivity contribution in [2.24, 2.45) is 4.99 Å². The first-order valence-electron chi connectivity index (χ1n) is 10.0. The van der Waals surface area contributed by atoms with Crippen molar-refractivity contribution in [3.8, 4) is 5.69 Å². The number of fused-ring (bicyclic) bond motifs is 1. The average molecular weight is 425 g/mol. The maximum atomic E-state index is 13.5. The van der Waals surface area contributed by atoms with Crippen molar-refractivity contribution >= 4 is 27.2 Å². The number of hydrogen-bond donors (Lipinski definition) is 0. The average Bonchev–Trinajstić information content (AvgIpc) is 3.14. The molecule has 0 aliphatic heterocycles. The standard InChI is InChI=1S/C25H20N4OS/c1-18-12-14-20(15-13-18)27-25-28(17-19-8-4-2-5-9-19)23-22(31-25)16-26-29(24(23)30)21-10-6-3-7-11-21/h2-16H,17H2,1H3. The Kier molecular flexibility index (Phi) is 5.06. The van der Waals surface area contributed by atoms with Crippen LogP contribution in [0.4, 0.5) is 5.69 Å². The summed E-state index contributed by atoms with van der Waals surface area (Å²) in [5.74, 6) is 0. The lowest BCUT2D eigenvalue weighted by atomic mass is 10.2. The molecule has 2 heterocycles. The van der Waals surface area contributed by atoms with Gasteiger partial charge < -0.3 is 4.57 Å². The van der Waals surface area contributed by atoms with Gasteiger partial charge in [0.15, 0.2) is 4.80 Å². The van der Waals surface area contributed by atoms with Gasteiger partial charge in [0, 0.05) is 0 Å². The van der Waals surface area contributed by atoms with Crippen molar-refractivity contribution in [1.29, 1.82) is 0 Å². The molecule has 6 heteroatoms. The highest BCUT2D eigenvalue weighted by Crippen LogP contribution is 2.18. The largest absolute Gasteiger partial charge is 0.307 e. The Balaban J connectivity index is 1.76. The summed E-state index contributed by atoms with van der Waals surface area (Å²) in [5.41, 5.74) is 4.34. The molecule has 0 atom stereocenters. The summed E-state index contributed by atoms with van der Waals surface area (Å²) in [4.78, 5) is 19.1. The van der Waals surface area contributed by atoms with Gasteiger partial charge in [-0.1, -0.05) is 77.6 Å². The van der Waals surface area contributed by atoms with E-state index in [0.717, 1.165) is 26.4 Å². The normalized spacial score (nSPS) is 11.8. The predicted octanol–water partition coefficient (Wildman–Crippen LogP) is 4.84. The summed E-state index contributed by atoms with van der Waals surface area (Å²) in [6, 6.07) is 27.7. The van der Waals surface area contributed by atoms with Gasteiger partial charge in [-0.25, -0.2) is 4.99 Å². The van der Waals surface area contributed by atoms with Crippen LogP contribution in [0.25, 0.3) is 15.9 Å². The first-order valence-corrected chi connectivity index (χ1v) is 10.8. The molecule has 0 bridgehead atoms. The maximum Gasteiger partial charge on any atom is 0.296 e. The van der Waals surface area contributed by atoms with E-state index in [4.69, 9.17) is 4.99 Å². The van der Waals surface area contributed by atoms with Crippen molar-refractivity contribution in [2.45, 2.75) is 13.5 Å². The molecule has 2 aromatic heterocycles. The topological polar surface area (TPSA) is 52.2 Å². The second kappa shape index (κ2) is 8.16. The zero-order chi connectivity index (χ0) is 21.2. The quantitative estimate of drug-likeness (QED) is 0.415. The fraction of sp³-hybridized carbons (Fsp3) is 0.0800.